The number of hydrogen-bond acceptors (Lipinski definition) is 4. The standard InChI is InChI=1S/C14H18N2O2/c1-5-10-8-11(6-7-12(10)17-4)13-9(2)18-14(15-3)16-13/h6-8H,5H2,1-4H3,(H,15,16). The third-order valence-corrected chi connectivity index (χ3v) is 2.95. The van der Waals surface area contributed by atoms with E-state index in [1.807, 2.05) is 19.1 Å². The highest BCUT2D eigenvalue weighted by atomic mass is 16.5. The first-order valence-corrected chi connectivity index (χ1v) is 6.02. The van der Waals surface area contributed by atoms with Gasteiger partial charge in [0.15, 0.2) is 0 Å². The SMILES string of the molecule is CCc1cc(-c2nc(NC)oc2C)ccc1OC. The highest BCUT2D eigenvalue weighted by Crippen LogP contribution is 2.29. The Hall–Kier alpha value is -1.97. The Morgan fingerprint density at radius 3 is 2.72 bits per heavy atom. The molecule has 1 aromatic carbocycles. The molecule has 0 fully saturated rings. The van der Waals surface area contributed by atoms with Gasteiger partial charge in [-0.1, -0.05) is 6.92 Å². The first-order chi connectivity index (χ1) is 8.69. The molecule has 0 saturated heterocycles. The Morgan fingerprint density at radius 2 is 2.17 bits per heavy atom. The van der Waals surface area contributed by atoms with E-state index in [0.29, 0.717) is 6.01 Å². The number of rotatable bonds is 4. The molecule has 1 N–H and O–H groups in total. The Morgan fingerprint density at radius 1 is 1.39 bits per heavy atom. The fourth-order valence-electron chi connectivity index (χ4n) is 1.97. The fourth-order valence-corrected chi connectivity index (χ4v) is 1.97. The minimum atomic E-state index is 0.538. The molecule has 0 aliphatic carbocycles. The molecule has 0 spiro atoms. The average Bonchev–Trinajstić information content (AvgIpc) is 2.79. The Bertz CT molecular complexity index is 547. The number of nitrogens with zero attached hydrogens (tertiary/aromatic N) is 1. The lowest BCUT2D eigenvalue weighted by Crippen LogP contribution is -1.92. The molecule has 1 heterocycles. The lowest BCUT2D eigenvalue weighted by Gasteiger charge is -2.08. The fraction of sp³-hybridized carbons (Fsp3) is 0.357. The predicted molar refractivity (Wildman–Crippen MR) is 72.2 cm³/mol. The van der Waals surface area contributed by atoms with Gasteiger partial charge in [-0.25, -0.2) is 0 Å². The minimum Gasteiger partial charge on any atom is -0.496 e. The number of anilines is 1. The van der Waals surface area contributed by atoms with Crippen molar-refractivity contribution in [1.29, 1.82) is 0 Å². The first-order valence-electron chi connectivity index (χ1n) is 6.02. The summed E-state index contributed by atoms with van der Waals surface area (Å²) in [5, 5.41) is 2.91. The van der Waals surface area contributed by atoms with Crippen molar-refractivity contribution in [2.75, 3.05) is 19.5 Å². The number of aryl methyl sites for hydroxylation is 2. The van der Waals surface area contributed by atoms with Crippen molar-refractivity contribution in [2.45, 2.75) is 20.3 Å². The third-order valence-electron chi connectivity index (χ3n) is 2.95. The topological polar surface area (TPSA) is 47.3 Å². The van der Waals surface area contributed by atoms with Crippen molar-refractivity contribution in [3.63, 3.8) is 0 Å². The summed E-state index contributed by atoms with van der Waals surface area (Å²) < 4.78 is 10.8. The summed E-state index contributed by atoms with van der Waals surface area (Å²) in [5.41, 5.74) is 3.09. The maximum Gasteiger partial charge on any atom is 0.295 e. The van der Waals surface area contributed by atoms with Gasteiger partial charge in [0, 0.05) is 12.6 Å². The highest BCUT2D eigenvalue weighted by Gasteiger charge is 2.12. The molecule has 4 nitrogen and oxygen atoms in total. The number of methoxy groups -OCH3 is 1. The molecule has 0 bridgehead atoms. The van der Waals surface area contributed by atoms with E-state index in [4.69, 9.17) is 9.15 Å². The van der Waals surface area contributed by atoms with Crippen LogP contribution in [-0.4, -0.2) is 19.1 Å². The van der Waals surface area contributed by atoms with Crippen molar-refractivity contribution in [1.82, 2.24) is 4.98 Å². The van der Waals surface area contributed by atoms with Crippen LogP contribution in [0.15, 0.2) is 22.6 Å². The maximum atomic E-state index is 5.49. The van der Waals surface area contributed by atoms with Crippen molar-refractivity contribution in [3.8, 4) is 17.0 Å². The summed E-state index contributed by atoms with van der Waals surface area (Å²) in [6.45, 7) is 4.02. The summed E-state index contributed by atoms with van der Waals surface area (Å²) in [6.07, 6.45) is 0.923. The Balaban J connectivity index is 2.47. The van der Waals surface area contributed by atoms with Crippen molar-refractivity contribution >= 4 is 6.01 Å². The van der Waals surface area contributed by atoms with E-state index in [0.717, 1.165) is 29.2 Å². The second kappa shape index (κ2) is 5.12. The maximum absolute atomic E-state index is 5.49. The van der Waals surface area contributed by atoms with Gasteiger partial charge in [0.05, 0.1) is 7.11 Å². The van der Waals surface area contributed by atoms with Gasteiger partial charge >= 0.3 is 0 Å². The molecule has 96 valence electrons. The number of hydrogen-bond donors (Lipinski definition) is 1. The molecular formula is C14H18N2O2. The van der Waals surface area contributed by atoms with E-state index in [-0.39, 0.29) is 0 Å². The monoisotopic (exact) mass is 246 g/mol. The van der Waals surface area contributed by atoms with E-state index >= 15 is 0 Å². The van der Waals surface area contributed by atoms with Crippen LogP contribution in [0.25, 0.3) is 11.3 Å². The van der Waals surface area contributed by atoms with Gasteiger partial charge < -0.3 is 14.5 Å². The normalized spacial score (nSPS) is 10.4. The second-order valence-corrected chi connectivity index (χ2v) is 4.05. The van der Waals surface area contributed by atoms with Crippen LogP contribution in [0.5, 0.6) is 5.75 Å². The molecule has 4 heteroatoms. The smallest absolute Gasteiger partial charge is 0.295 e. The third kappa shape index (κ3) is 2.18. The van der Waals surface area contributed by atoms with Gasteiger partial charge in [0.25, 0.3) is 6.01 Å². The van der Waals surface area contributed by atoms with Gasteiger partial charge in [-0.15, -0.1) is 0 Å². The number of nitrogens with one attached hydrogen (secondary N) is 1. The molecule has 0 atom stereocenters. The van der Waals surface area contributed by atoms with Crippen LogP contribution in [0.4, 0.5) is 6.01 Å². The number of oxazole rings is 1. The summed E-state index contributed by atoms with van der Waals surface area (Å²) >= 11 is 0. The lowest BCUT2D eigenvalue weighted by atomic mass is 10.0. The van der Waals surface area contributed by atoms with Crippen LogP contribution in [-0.2, 0) is 6.42 Å². The highest BCUT2D eigenvalue weighted by molar-refractivity contribution is 5.65. The van der Waals surface area contributed by atoms with E-state index in [1.165, 1.54) is 5.56 Å². The molecule has 2 aromatic rings. The van der Waals surface area contributed by atoms with Gasteiger partial charge in [-0.05, 0) is 37.1 Å². The van der Waals surface area contributed by atoms with Crippen LogP contribution in [0.3, 0.4) is 0 Å². The Labute approximate surface area is 107 Å². The van der Waals surface area contributed by atoms with Gasteiger partial charge in [0.1, 0.15) is 17.2 Å². The first kappa shape index (κ1) is 12.5. The minimum absolute atomic E-state index is 0.538. The van der Waals surface area contributed by atoms with E-state index < -0.39 is 0 Å². The summed E-state index contributed by atoms with van der Waals surface area (Å²) in [4.78, 5) is 4.41. The molecule has 2 rings (SSSR count). The van der Waals surface area contributed by atoms with E-state index in [2.05, 4.69) is 23.3 Å². The number of aromatic nitrogens is 1. The summed E-state index contributed by atoms with van der Waals surface area (Å²) in [6, 6.07) is 6.61. The largest absolute Gasteiger partial charge is 0.496 e. The van der Waals surface area contributed by atoms with Gasteiger partial charge in [-0.3, -0.25) is 0 Å². The van der Waals surface area contributed by atoms with Crippen LogP contribution in [0.2, 0.25) is 0 Å². The van der Waals surface area contributed by atoms with Crippen LogP contribution in [0, 0.1) is 6.92 Å². The quantitative estimate of drug-likeness (QED) is 0.899. The molecule has 0 aliphatic rings. The summed E-state index contributed by atoms with van der Waals surface area (Å²) in [7, 11) is 3.48. The average molecular weight is 246 g/mol. The van der Waals surface area contributed by atoms with Crippen molar-refractivity contribution in [3.05, 3.63) is 29.5 Å². The zero-order chi connectivity index (χ0) is 13.1. The number of benzene rings is 1. The second-order valence-electron chi connectivity index (χ2n) is 4.05. The van der Waals surface area contributed by atoms with Crippen LogP contribution in [0.1, 0.15) is 18.2 Å². The van der Waals surface area contributed by atoms with E-state index in [9.17, 15) is 0 Å². The molecule has 0 unspecified atom stereocenters. The molecule has 0 amide bonds. The molecule has 0 aliphatic heterocycles. The zero-order valence-electron chi connectivity index (χ0n) is 11.2. The number of ether oxygens (including phenoxy) is 1. The van der Waals surface area contributed by atoms with Crippen LogP contribution >= 0.6 is 0 Å². The lowest BCUT2D eigenvalue weighted by molar-refractivity contribution is 0.410. The van der Waals surface area contributed by atoms with Gasteiger partial charge in [-0.2, -0.15) is 4.98 Å². The molecule has 0 saturated carbocycles. The van der Waals surface area contributed by atoms with Crippen molar-refractivity contribution < 1.29 is 9.15 Å². The molecular weight excluding hydrogens is 228 g/mol. The van der Waals surface area contributed by atoms with Crippen molar-refractivity contribution in [2.24, 2.45) is 0 Å². The van der Waals surface area contributed by atoms with E-state index in [1.54, 1.807) is 14.2 Å². The zero-order valence-corrected chi connectivity index (χ0v) is 11.2. The molecule has 1 aromatic heterocycles. The molecule has 0 radical (unpaired) electrons. The van der Waals surface area contributed by atoms with Crippen LogP contribution < -0.4 is 10.1 Å². The predicted octanol–water partition coefficient (Wildman–Crippen LogP) is 3.26. The summed E-state index contributed by atoms with van der Waals surface area (Å²) in [5.74, 6) is 1.72. The molecule has 18 heavy (non-hydrogen) atoms. The van der Waals surface area contributed by atoms with Gasteiger partial charge in [0.2, 0.25) is 0 Å². The Kier molecular flexibility index (Phi) is 3.55.